The zero-order valence-electron chi connectivity index (χ0n) is 21.4. The predicted octanol–water partition coefficient (Wildman–Crippen LogP) is 6.39. The van der Waals surface area contributed by atoms with Crippen LogP contribution < -0.4 is 4.74 Å². The van der Waals surface area contributed by atoms with Crippen molar-refractivity contribution < 1.29 is 14.6 Å². The van der Waals surface area contributed by atoms with Crippen LogP contribution in [0.4, 0.5) is 4.79 Å². The quantitative estimate of drug-likeness (QED) is 0.390. The Kier molecular flexibility index (Phi) is 8.08. The molecule has 2 heterocycles. The largest absolute Gasteiger partial charge is 0.493 e. The van der Waals surface area contributed by atoms with Crippen molar-refractivity contribution in [3.63, 3.8) is 0 Å². The summed E-state index contributed by atoms with van der Waals surface area (Å²) < 4.78 is 5.94. The zero-order chi connectivity index (χ0) is 27.5. The molecule has 0 saturated carbocycles. The third-order valence-corrected chi connectivity index (χ3v) is 7.52. The lowest BCUT2D eigenvalue weighted by Crippen LogP contribution is -2.51. The number of piperidine rings is 1. The molecule has 1 saturated heterocycles. The molecule has 9 heteroatoms. The lowest BCUT2D eigenvalue weighted by molar-refractivity contribution is 0.0745. The summed E-state index contributed by atoms with van der Waals surface area (Å²) in [5, 5.41) is 21.1. The van der Waals surface area contributed by atoms with Gasteiger partial charge in [0.15, 0.2) is 0 Å². The number of hydrogen-bond donors (Lipinski definition) is 1. The molecule has 200 valence electrons. The summed E-state index contributed by atoms with van der Waals surface area (Å²) in [6.45, 7) is 3.02. The normalized spacial score (nSPS) is 20.9. The Labute approximate surface area is 237 Å². The van der Waals surface area contributed by atoms with Crippen molar-refractivity contribution in [2.75, 3.05) is 19.7 Å². The van der Waals surface area contributed by atoms with E-state index in [1.54, 1.807) is 40.1 Å². The molecule has 2 aliphatic rings. The minimum atomic E-state index is -0.583. The van der Waals surface area contributed by atoms with Gasteiger partial charge < -0.3 is 14.7 Å². The molecule has 5 rings (SSSR count). The topological polar surface area (TPSA) is 89.2 Å². The molecule has 0 bridgehead atoms. The molecule has 0 radical (unpaired) electrons. The number of aliphatic hydroxyl groups is 1. The first-order chi connectivity index (χ1) is 18.9. The standard InChI is InChI=1S/C30H28Cl2N4O3/c1-2-39-26-16-19(17-33)5-14-25(26)29-34-27(20-6-10-22(31)11-7-20)28(21-8-12-23(32)13-9-21)36(29)30(38)35-15-3-4-24(37)18-35/h5-14,16,24,27-28,37H,2-4,15,18H2,1H3/t24?,27-,28+/m0/s1. The zero-order valence-corrected chi connectivity index (χ0v) is 22.9. The highest BCUT2D eigenvalue weighted by atomic mass is 35.5. The molecule has 1 unspecified atom stereocenters. The summed E-state index contributed by atoms with van der Waals surface area (Å²) in [5.41, 5.74) is 2.80. The molecule has 39 heavy (non-hydrogen) atoms. The minimum Gasteiger partial charge on any atom is -0.493 e. The Bertz CT molecular complexity index is 1420. The number of hydrogen-bond acceptors (Lipinski definition) is 5. The van der Waals surface area contributed by atoms with Gasteiger partial charge >= 0.3 is 6.03 Å². The first-order valence-corrected chi connectivity index (χ1v) is 13.7. The van der Waals surface area contributed by atoms with Crippen LogP contribution in [0.3, 0.4) is 0 Å². The van der Waals surface area contributed by atoms with Crippen molar-refractivity contribution >= 4 is 35.1 Å². The van der Waals surface area contributed by atoms with E-state index in [0.29, 0.717) is 58.8 Å². The van der Waals surface area contributed by atoms with Crippen molar-refractivity contribution in [3.8, 4) is 11.8 Å². The number of halogens is 2. The van der Waals surface area contributed by atoms with Crippen LogP contribution in [0.2, 0.25) is 10.0 Å². The lowest BCUT2D eigenvalue weighted by atomic mass is 9.93. The number of amidine groups is 1. The second-order valence-corrected chi connectivity index (χ2v) is 10.5. The van der Waals surface area contributed by atoms with Gasteiger partial charge in [-0.2, -0.15) is 5.26 Å². The molecule has 3 atom stereocenters. The van der Waals surface area contributed by atoms with Gasteiger partial charge in [0, 0.05) is 23.1 Å². The number of carbonyl (C=O) groups is 1. The van der Waals surface area contributed by atoms with E-state index < -0.39 is 18.2 Å². The van der Waals surface area contributed by atoms with E-state index in [1.165, 1.54) is 0 Å². The molecule has 2 aliphatic heterocycles. The van der Waals surface area contributed by atoms with Crippen LogP contribution in [0, 0.1) is 11.3 Å². The number of nitriles is 1. The molecule has 1 fully saturated rings. The highest BCUT2D eigenvalue weighted by molar-refractivity contribution is 6.30. The van der Waals surface area contributed by atoms with Crippen LogP contribution in [0.5, 0.6) is 5.75 Å². The van der Waals surface area contributed by atoms with Crippen LogP contribution in [0.25, 0.3) is 0 Å². The number of aliphatic hydroxyl groups excluding tert-OH is 1. The Morgan fingerprint density at radius 1 is 1.08 bits per heavy atom. The molecule has 0 aliphatic carbocycles. The van der Waals surface area contributed by atoms with Crippen LogP contribution in [0.1, 0.15) is 54.1 Å². The Morgan fingerprint density at radius 2 is 1.74 bits per heavy atom. The summed E-state index contributed by atoms with van der Waals surface area (Å²) in [4.78, 5) is 22.9. The SMILES string of the molecule is CCOc1cc(C#N)ccc1C1=N[C@@H](c2ccc(Cl)cc2)[C@@H](c2ccc(Cl)cc2)N1C(=O)N1CCCC(O)C1. The number of nitrogens with zero attached hydrogens (tertiary/aromatic N) is 4. The van der Waals surface area contributed by atoms with E-state index in [0.717, 1.165) is 11.1 Å². The van der Waals surface area contributed by atoms with Crippen LogP contribution in [-0.2, 0) is 0 Å². The molecular weight excluding hydrogens is 535 g/mol. The number of β-amino-alcohol motifs (C(OH)–C–C–N with tert-alkyl or cyclic N) is 1. The van der Waals surface area contributed by atoms with E-state index in [-0.39, 0.29) is 12.6 Å². The van der Waals surface area contributed by atoms with Crippen LogP contribution >= 0.6 is 23.2 Å². The maximum atomic E-state index is 14.3. The summed E-state index contributed by atoms with van der Waals surface area (Å²) in [6, 6.07) is 20.9. The van der Waals surface area contributed by atoms with Crippen LogP contribution in [0.15, 0.2) is 71.7 Å². The van der Waals surface area contributed by atoms with Crippen molar-refractivity contribution in [1.82, 2.24) is 9.80 Å². The molecule has 7 nitrogen and oxygen atoms in total. The number of benzene rings is 3. The Morgan fingerprint density at radius 3 is 2.36 bits per heavy atom. The van der Waals surface area contributed by atoms with Gasteiger partial charge in [-0.05, 0) is 73.4 Å². The maximum Gasteiger partial charge on any atom is 0.326 e. The smallest absolute Gasteiger partial charge is 0.326 e. The first kappa shape index (κ1) is 27.0. The maximum absolute atomic E-state index is 14.3. The Hall–Kier alpha value is -3.57. The number of likely N-dealkylation sites (tertiary alicyclic amines) is 1. The number of aliphatic imine (C=N–C) groups is 1. The second kappa shape index (κ2) is 11.7. The van der Waals surface area contributed by atoms with E-state index >= 15 is 0 Å². The van der Waals surface area contributed by atoms with Gasteiger partial charge in [0.2, 0.25) is 0 Å². The first-order valence-electron chi connectivity index (χ1n) is 12.9. The van der Waals surface area contributed by atoms with Gasteiger partial charge in [-0.25, -0.2) is 4.79 Å². The fourth-order valence-corrected chi connectivity index (χ4v) is 5.44. The van der Waals surface area contributed by atoms with Crippen LogP contribution in [-0.4, -0.2) is 52.6 Å². The molecule has 3 aromatic carbocycles. The Balaban J connectivity index is 1.70. The number of urea groups is 1. The lowest BCUT2D eigenvalue weighted by Gasteiger charge is -2.37. The van der Waals surface area contributed by atoms with Crippen molar-refractivity contribution in [2.45, 2.75) is 38.0 Å². The predicted molar refractivity (Wildman–Crippen MR) is 151 cm³/mol. The van der Waals surface area contributed by atoms with E-state index in [2.05, 4.69) is 6.07 Å². The van der Waals surface area contributed by atoms with Gasteiger partial charge in [0.1, 0.15) is 17.6 Å². The van der Waals surface area contributed by atoms with E-state index in [1.807, 2.05) is 43.3 Å². The average Bonchev–Trinajstić information content (AvgIpc) is 3.34. The van der Waals surface area contributed by atoms with Crippen molar-refractivity contribution in [3.05, 3.63) is 99.0 Å². The highest BCUT2D eigenvalue weighted by Crippen LogP contribution is 2.45. The molecule has 1 N–H and O–H groups in total. The average molecular weight is 563 g/mol. The van der Waals surface area contributed by atoms with E-state index in [4.69, 9.17) is 32.9 Å². The number of ether oxygens (including phenoxy) is 1. The van der Waals surface area contributed by atoms with E-state index in [9.17, 15) is 15.2 Å². The summed E-state index contributed by atoms with van der Waals surface area (Å²) in [7, 11) is 0. The van der Waals surface area contributed by atoms with Gasteiger partial charge in [-0.15, -0.1) is 0 Å². The van der Waals surface area contributed by atoms with Gasteiger partial charge in [-0.3, -0.25) is 9.89 Å². The number of carbonyl (C=O) groups excluding carboxylic acids is 1. The molecule has 0 aromatic heterocycles. The minimum absolute atomic E-state index is 0.243. The molecule has 0 spiro atoms. The summed E-state index contributed by atoms with van der Waals surface area (Å²) in [6.07, 6.45) is 0.782. The van der Waals surface area contributed by atoms with Gasteiger partial charge in [-0.1, -0.05) is 47.5 Å². The second-order valence-electron chi connectivity index (χ2n) is 9.60. The van der Waals surface area contributed by atoms with Gasteiger partial charge in [0.25, 0.3) is 0 Å². The molecular formula is C30H28Cl2N4O3. The number of amides is 2. The molecule has 3 aromatic rings. The highest BCUT2D eigenvalue weighted by Gasteiger charge is 2.45. The van der Waals surface area contributed by atoms with Crippen molar-refractivity contribution in [2.24, 2.45) is 4.99 Å². The summed E-state index contributed by atoms with van der Waals surface area (Å²) in [5.74, 6) is 0.909. The fraction of sp³-hybridized carbons (Fsp3) is 0.300. The monoisotopic (exact) mass is 562 g/mol. The number of rotatable bonds is 5. The van der Waals surface area contributed by atoms with Gasteiger partial charge in [0.05, 0.1) is 35.9 Å². The fourth-order valence-electron chi connectivity index (χ4n) is 5.19. The van der Waals surface area contributed by atoms with Crippen molar-refractivity contribution in [1.29, 1.82) is 5.26 Å². The third kappa shape index (κ3) is 5.60. The third-order valence-electron chi connectivity index (χ3n) is 7.01. The molecule has 2 amide bonds. The summed E-state index contributed by atoms with van der Waals surface area (Å²) >= 11 is 12.4.